The van der Waals surface area contributed by atoms with Crippen LogP contribution in [0.3, 0.4) is 0 Å². The summed E-state index contributed by atoms with van der Waals surface area (Å²) in [6.07, 6.45) is -19.9. The molecule has 0 unspecified atom stereocenters. The minimum absolute atomic E-state index is 0.126. The van der Waals surface area contributed by atoms with E-state index in [1.807, 2.05) is 0 Å². The van der Waals surface area contributed by atoms with Gasteiger partial charge in [-0.25, -0.2) is 0 Å². The number of nitrogens with zero attached hydrogens (tertiary/aromatic N) is 2. The molecule has 6 aromatic carbocycles. The molecule has 0 amide bonds. The van der Waals surface area contributed by atoms with Crippen molar-refractivity contribution in [3.8, 4) is 22.5 Å². The number of para-hydroxylation sites is 2. The first-order chi connectivity index (χ1) is 25.3. The molecule has 2 nitrogen and oxygen atoms in total. The summed E-state index contributed by atoms with van der Waals surface area (Å²) in [7, 11) is 0. The summed E-state index contributed by atoms with van der Waals surface area (Å²) in [5, 5.41) is 1.21. The van der Waals surface area contributed by atoms with Crippen molar-refractivity contribution in [1.82, 2.24) is 9.13 Å². The van der Waals surface area contributed by atoms with Crippen molar-refractivity contribution in [2.75, 3.05) is 0 Å². The Balaban J connectivity index is 1.60. The number of rotatable bonds is 3. The number of halogens is 12. The molecule has 0 radical (unpaired) electrons. The molecule has 0 saturated heterocycles. The Bertz CT molecular complexity index is 2780. The van der Waals surface area contributed by atoms with Gasteiger partial charge in [0.15, 0.2) is 0 Å². The molecule has 2 aromatic heterocycles. The van der Waals surface area contributed by atoms with Gasteiger partial charge < -0.3 is 9.13 Å². The molecule has 8 rings (SSSR count). The SMILES string of the molecule is FC(F)(F)c1cccc(-c2cc(-n3c4ccccc4c4ccc(C(F)(F)F)cc43)c(-n3c4ccccc4c4ccc(C(F)(F)F)cc43)cc2C(F)(F)F)c1. The third-order valence-corrected chi connectivity index (χ3v) is 9.40. The normalized spacial score (nSPS) is 13.2. The fraction of sp³-hybridized carbons (Fsp3) is 0.100. The molecule has 0 aliphatic rings. The Labute approximate surface area is 296 Å². The molecule has 0 N–H and O–H groups in total. The second-order valence-corrected chi connectivity index (χ2v) is 12.6. The van der Waals surface area contributed by atoms with E-state index in [2.05, 4.69) is 0 Å². The van der Waals surface area contributed by atoms with Gasteiger partial charge in [-0.1, -0.05) is 60.7 Å². The third kappa shape index (κ3) is 5.71. The fourth-order valence-electron chi connectivity index (χ4n) is 7.08. The zero-order valence-corrected chi connectivity index (χ0v) is 27.0. The number of fused-ring (bicyclic) bond motifs is 6. The highest BCUT2D eigenvalue weighted by molar-refractivity contribution is 6.12. The smallest absolute Gasteiger partial charge is 0.307 e. The predicted molar refractivity (Wildman–Crippen MR) is 181 cm³/mol. The summed E-state index contributed by atoms with van der Waals surface area (Å²) in [6.45, 7) is 0. The van der Waals surface area contributed by atoms with Crippen LogP contribution in [-0.2, 0) is 24.7 Å². The molecule has 274 valence electrons. The van der Waals surface area contributed by atoms with Crippen LogP contribution in [0.15, 0.2) is 121 Å². The van der Waals surface area contributed by atoms with Crippen LogP contribution in [0.25, 0.3) is 66.1 Å². The molecule has 8 aromatic rings. The second kappa shape index (κ2) is 11.8. The van der Waals surface area contributed by atoms with Gasteiger partial charge in [0.1, 0.15) is 0 Å². The van der Waals surface area contributed by atoms with E-state index in [1.54, 1.807) is 24.3 Å². The Morgan fingerprint density at radius 2 is 0.759 bits per heavy atom. The average molecular weight is 757 g/mol. The Morgan fingerprint density at radius 1 is 0.333 bits per heavy atom. The average Bonchev–Trinajstić information content (AvgIpc) is 3.62. The van der Waals surface area contributed by atoms with Gasteiger partial charge in [-0.15, -0.1) is 0 Å². The van der Waals surface area contributed by atoms with Crippen molar-refractivity contribution in [2.24, 2.45) is 0 Å². The molecule has 0 bridgehead atoms. The lowest BCUT2D eigenvalue weighted by Gasteiger charge is -2.22. The molecule has 0 atom stereocenters. The van der Waals surface area contributed by atoms with Crippen molar-refractivity contribution in [1.29, 1.82) is 0 Å². The van der Waals surface area contributed by atoms with Gasteiger partial charge in [-0.3, -0.25) is 0 Å². The van der Waals surface area contributed by atoms with Gasteiger partial charge in [0.05, 0.1) is 55.7 Å². The molecular weight excluding hydrogens is 736 g/mol. The van der Waals surface area contributed by atoms with Crippen LogP contribution in [0.1, 0.15) is 22.3 Å². The topological polar surface area (TPSA) is 9.86 Å². The molecule has 2 heterocycles. The van der Waals surface area contributed by atoms with Crippen LogP contribution in [0.2, 0.25) is 0 Å². The fourth-order valence-corrected chi connectivity index (χ4v) is 7.08. The van der Waals surface area contributed by atoms with Gasteiger partial charge in [-0.05, 0) is 71.8 Å². The Hall–Kier alpha value is -5.92. The van der Waals surface area contributed by atoms with E-state index in [0.717, 1.165) is 47.0 Å². The first-order valence-electron chi connectivity index (χ1n) is 16.0. The minimum Gasteiger partial charge on any atom is -0.307 e. The maximum atomic E-state index is 15.2. The first kappa shape index (κ1) is 35.1. The number of aromatic nitrogens is 2. The largest absolute Gasteiger partial charge is 0.417 e. The van der Waals surface area contributed by atoms with E-state index in [0.29, 0.717) is 29.0 Å². The van der Waals surface area contributed by atoms with Gasteiger partial charge >= 0.3 is 24.7 Å². The van der Waals surface area contributed by atoms with Crippen LogP contribution < -0.4 is 0 Å². The molecule has 0 aliphatic heterocycles. The molecule has 0 spiro atoms. The van der Waals surface area contributed by atoms with E-state index in [-0.39, 0.29) is 38.5 Å². The number of hydrogen-bond donors (Lipinski definition) is 0. The van der Waals surface area contributed by atoms with E-state index in [4.69, 9.17) is 0 Å². The summed E-state index contributed by atoms with van der Waals surface area (Å²) >= 11 is 0. The third-order valence-electron chi connectivity index (χ3n) is 9.40. The lowest BCUT2D eigenvalue weighted by Crippen LogP contribution is -2.13. The molecule has 54 heavy (non-hydrogen) atoms. The predicted octanol–water partition coefficient (Wildman–Crippen LogP) is 13.6. The van der Waals surface area contributed by atoms with E-state index in [1.165, 1.54) is 41.0 Å². The summed E-state index contributed by atoms with van der Waals surface area (Å²) in [5.41, 5.74) is -6.76. The highest BCUT2D eigenvalue weighted by atomic mass is 19.4. The quantitative estimate of drug-likeness (QED) is 0.159. The lowest BCUT2D eigenvalue weighted by atomic mass is 9.95. The number of hydrogen-bond acceptors (Lipinski definition) is 0. The monoisotopic (exact) mass is 756 g/mol. The standard InChI is InChI=1S/C40H20F12N2/c41-37(42,43)22-7-5-6-21(16-22)29-19-35(53-31-10-3-1-8-25(31)27-14-12-23(17-33(27)53)38(44,45)46)36(20-30(29)40(50,51)52)54-32-11-4-2-9-26(32)28-15-13-24(18-34(28)54)39(47,48)49/h1-20H. The summed E-state index contributed by atoms with van der Waals surface area (Å²) in [5.74, 6) is 0. The van der Waals surface area contributed by atoms with Crippen molar-refractivity contribution in [3.05, 3.63) is 144 Å². The molecule has 0 fully saturated rings. The minimum atomic E-state index is -5.24. The summed E-state index contributed by atoms with van der Waals surface area (Å²) in [4.78, 5) is 0. The van der Waals surface area contributed by atoms with Crippen LogP contribution >= 0.6 is 0 Å². The van der Waals surface area contributed by atoms with E-state index >= 15 is 13.2 Å². The van der Waals surface area contributed by atoms with Crippen molar-refractivity contribution in [2.45, 2.75) is 24.7 Å². The van der Waals surface area contributed by atoms with Gasteiger partial charge in [0.2, 0.25) is 0 Å². The maximum Gasteiger partial charge on any atom is 0.417 e. The summed E-state index contributed by atoms with van der Waals surface area (Å²) < 4.78 is 175. The van der Waals surface area contributed by atoms with Crippen LogP contribution in [0.4, 0.5) is 52.7 Å². The number of alkyl halides is 12. The van der Waals surface area contributed by atoms with Gasteiger partial charge in [0.25, 0.3) is 0 Å². The van der Waals surface area contributed by atoms with Crippen molar-refractivity contribution in [3.63, 3.8) is 0 Å². The van der Waals surface area contributed by atoms with Gasteiger partial charge in [-0.2, -0.15) is 52.7 Å². The highest BCUT2D eigenvalue weighted by Gasteiger charge is 2.38. The summed E-state index contributed by atoms with van der Waals surface area (Å²) in [6, 6.07) is 22.6. The second-order valence-electron chi connectivity index (χ2n) is 12.6. The molecule has 14 heteroatoms. The van der Waals surface area contributed by atoms with Crippen molar-refractivity contribution < 1.29 is 52.7 Å². The Morgan fingerprint density at radius 3 is 1.22 bits per heavy atom. The van der Waals surface area contributed by atoms with Crippen LogP contribution in [0.5, 0.6) is 0 Å². The van der Waals surface area contributed by atoms with Crippen LogP contribution in [-0.4, -0.2) is 9.13 Å². The molecule has 0 saturated carbocycles. The van der Waals surface area contributed by atoms with E-state index in [9.17, 15) is 39.5 Å². The molecular formula is C40H20F12N2. The zero-order chi connectivity index (χ0) is 38.5. The molecule has 0 aliphatic carbocycles. The lowest BCUT2D eigenvalue weighted by molar-refractivity contribution is -0.138. The Kier molecular flexibility index (Phi) is 7.67. The van der Waals surface area contributed by atoms with E-state index < -0.39 is 63.8 Å². The maximum absolute atomic E-state index is 15.2. The van der Waals surface area contributed by atoms with Gasteiger partial charge in [0, 0.05) is 21.5 Å². The zero-order valence-electron chi connectivity index (χ0n) is 27.0. The number of benzene rings is 6. The van der Waals surface area contributed by atoms with Crippen molar-refractivity contribution >= 4 is 43.6 Å². The highest BCUT2D eigenvalue weighted by Crippen LogP contribution is 2.47. The van der Waals surface area contributed by atoms with Crippen LogP contribution in [0, 0.1) is 0 Å². The first-order valence-corrected chi connectivity index (χ1v) is 16.0.